The van der Waals surface area contributed by atoms with E-state index in [0.29, 0.717) is 0 Å². The fourth-order valence-electron chi connectivity index (χ4n) is 25.6. The highest BCUT2D eigenvalue weighted by molar-refractivity contribution is 7.27. The van der Waals surface area contributed by atoms with Crippen LogP contribution in [0, 0.1) is 0 Å². The molecule has 0 saturated carbocycles. The van der Waals surface area contributed by atoms with Gasteiger partial charge >= 0.3 is 0 Å². The number of hydrogen-bond acceptors (Lipinski definition) is 4. The third kappa shape index (κ3) is 12.9. The second-order valence-electron chi connectivity index (χ2n) is 39.4. The average Bonchev–Trinajstić information content (AvgIpc) is 1.50. The van der Waals surface area contributed by atoms with Crippen molar-refractivity contribution in [3.8, 4) is 89.3 Å². The van der Waals surface area contributed by atoms with Crippen LogP contribution in [0.3, 0.4) is 0 Å². The zero-order chi connectivity index (χ0) is 97.2. The Kier molecular flexibility index (Phi) is 19.6. The number of benzene rings is 24. The zero-order valence-corrected chi connectivity index (χ0v) is 82.2. The number of hydrogen-bond donors (Lipinski definition) is 0. The summed E-state index contributed by atoms with van der Waals surface area (Å²) >= 11 is 3.80. The number of thiophene rings is 2. The molecule has 148 heavy (non-hydrogen) atoms. The Morgan fingerprint density at radius 1 is 0.176 bits per heavy atom. The van der Waals surface area contributed by atoms with Crippen LogP contribution in [0.5, 0.6) is 0 Å². The van der Waals surface area contributed by atoms with Crippen molar-refractivity contribution in [3.63, 3.8) is 0 Å². The van der Waals surface area contributed by atoms with Gasteiger partial charge in [0.05, 0.1) is 44.3 Å². The van der Waals surface area contributed by atoms with Crippen molar-refractivity contribution in [1.29, 1.82) is 0 Å². The van der Waals surface area contributed by atoms with E-state index in [9.17, 15) is 0 Å². The van der Waals surface area contributed by atoms with Gasteiger partial charge in [0.25, 0.3) is 0 Å². The summed E-state index contributed by atoms with van der Waals surface area (Å²) in [4.78, 5) is 4.95. The Morgan fingerprint density at radius 2 is 0.473 bits per heavy atom. The molecule has 1 spiro atoms. The van der Waals surface area contributed by atoms with Crippen molar-refractivity contribution in [2.75, 3.05) is 9.80 Å². The van der Waals surface area contributed by atoms with E-state index in [0.717, 1.165) is 34.1 Å². The van der Waals surface area contributed by atoms with E-state index in [1.807, 2.05) is 22.7 Å². The number of rotatable bonds is 14. The number of nitrogens with zero attached hydrogens (tertiary/aromatic N) is 4. The fraction of sp³-hybridized carbons (Fsp3) is 0.0141. The molecule has 690 valence electrons. The van der Waals surface area contributed by atoms with Crippen molar-refractivity contribution in [2.24, 2.45) is 0 Å². The second kappa shape index (κ2) is 34.1. The van der Waals surface area contributed by atoms with Crippen LogP contribution in [-0.4, -0.2) is 9.13 Å². The van der Waals surface area contributed by atoms with Crippen LogP contribution in [0.15, 0.2) is 546 Å². The lowest BCUT2D eigenvalue weighted by atomic mass is 9.67. The van der Waals surface area contributed by atoms with Gasteiger partial charge in [-0.3, -0.25) is 0 Å². The molecule has 0 saturated heterocycles. The van der Waals surface area contributed by atoms with Crippen LogP contribution in [0.25, 0.3) is 195 Å². The highest BCUT2D eigenvalue weighted by Gasteiger charge is 2.52. The predicted molar refractivity (Wildman–Crippen MR) is 627 cm³/mol. The molecule has 3 aliphatic rings. The molecule has 28 aromatic rings. The molecule has 0 N–H and O–H groups in total. The Morgan fingerprint density at radius 3 is 0.892 bits per heavy atom. The Hall–Kier alpha value is -18.6. The lowest BCUT2D eigenvalue weighted by Gasteiger charge is -2.35. The molecule has 4 nitrogen and oxygen atoms in total. The molecule has 24 aromatic carbocycles. The van der Waals surface area contributed by atoms with E-state index in [1.54, 1.807) is 0 Å². The summed E-state index contributed by atoms with van der Waals surface area (Å²) in [7, 11) is 0. The molecule has 0 amide bonds. The van der Waals surface area contributed by atoms with Gasteiger partial charge in [-0.15, -0.1) is 22.7 Å². The third-order valence-electron chi connectivity index (χ3n) is 31.8. The minimum atomic E-state index is -0.539. The van der Waals surface area contributed by atoms with Gasteiger partial charge in [0.2, 0.25) is 0 Å². The third-order valence-corrected chi connectivity index (χ3v) is 34.2. The summed E-state index contributed by atoms with van der Waals surface area (Å²) in [6, 6.07) is 203. The fourth-order valence-corrected chi connectivity index (χ4v) is 28.1. The molecule has 0 aliphatic heterocycles. The standard InChI is InChI=1S/C71H44N2S.C71H46N2S/c1-2-18-45(19-3-1)46-36-38-49(39-37-46)72(51-40-41-56-55-27-8-13-32-63(55)71(64(56)43-51)61-30-11-6-25-53(61)54-26-7-12-31-62(54)71)50-23-16-22-48(42-50)59-44-60-57-28-9-14-33-66(57)73(65-34-17-21-47-20-4-5-24-52(47)65)69(60)68-58-29-10-15-35-67(58)74-70(59)68;1-4-20-47(21-5-1)48-38-40-53(41-39-48)72(55-42-43-58-57-31-12-15-34-63(57)71(64(58)45-55,51-25-6-2-7-26-51)52-27-8-3-9-28-52)54-29-18-24-50(44-54)61-46-62-59-32-13-16-35-66(59)73(65-36-19-23-49-22-10-11-30-56(49)65)69(62)68-60-33-14-17-37-67(60)74-70(61)68/h1-44H;1-46H. The van der Waals surface area contributed by atoms with E-state index < -0.39 is 10.8 Å². The SMILES string of the molecule is c1ccc(-c2ccc(N(c3cccc(-c4cc5c6ccccc6n(-c6cccc7ccccc67)c5c5c4sc4ccccc45)c3)c3ccc4c(c3)C(c3ccccc3)(c3ccccc3)c3ccccc3-4)cc2)cc1.c1ccc(-c2ccc(N(c3cccc(-c4cc5c6ccccc6n(-c6cccc7ccccc67)c5c5c4sc4ccccc45)c3)c3ccc4c(c3)C3(c5ccccc5-c5ccccc53)c3ccccc3-4)cc2)cc1. The van der Waals surface area contributed by atoms with Crippen LogP contribution in [0.4, 0.5) is 34.1 Å². The van der Waals surface area contributed by atoms with Gasteiger partial charge < -0.3 is 18.9 Å². The minimum Gasteiger partial charge on any atom is -0.310 e. The predicted octanol–water partition coefficient (Wildman–Crippen LogP) is 38.9. The van der Waals surface area contributed by atoms with E-state index in [-0.39, 0.29) is 0 Å². The quantitative estimate of drug-likeness (QED) is 0.108. The lowest BCUT2D eigenvalue weighted by Crippen LogP contribution is -2.28. The first-order valence-electron chi connectivity index (χ1n) is 51.1. The van der Waals surface area contributed by atoms with Crippen molar-refractivity contribution in [1.82, 2.24) is 9.13 Å². The maximum Gasteiger partial charge on any atom is 0.0726 e. The smallest absolute Gasteiger partial charge is 0.0726 e. The molecule has 4 aromatic heterocycles. The van der Waals surface area contributed by atoms with Crippen LogP contribution in [-0.2, 0) is 10.8 Å². The molecule has 6 heteroatoms. The van der Waals surface area contributed by atoms with Gasteiger partial charge in [-0.05, 0) is 243 Å². The second-order valence-corrected chi connectivity index (χ2v) is 41.5. The van der Waals surface area contributed by atoms with E-state index in [4.69, 9.17) is 0 Å². The van der Waals surface area contributed by atoms with E-state index in [1.165, 1.54) is 239 Å². The first-order valence-corrected chi connectivity index (χ1v) is 52.7. The van der Waals surface area contributed by atoms with Gasteiger partial charge in [-0.2, -0.15) is 0 Å². The number of anilines is 6. The normalized spacial score (nSPS) is 12.8. The Labute approximate surface area is 865 Å². The summed E-state index contributed by atoms with van der Waals surface area (Å²) in [6.45, 7) is 0. The van der Waals surface area contributed by atoms with E-state index >= 15 is 0 Å². The molecule has 0 unspecified atom stereocenters. The molecule has 0 atom stereocenters. The van der Waals surface area contributed by atoms with Crippen molar-refractivity contribution in [2.45, 2.75) is 10.8 Å². The van der Waals surface area contributed by atoms with E-state index in [2.05, 4.69) is 565 Å². The zero-order valence-electron chi connectivity index (χ0n) is 80.6. The van der Waals surface area contributed by atoms with Gasteiger partial charge in [0, 0.05) is 118 Å². The monoisotopic (exact) mass is 1910 g/mol. The molecular weight excluding hydrogens is 1830 g/mol. The van der Waals surface area contributed by atoms with Crippen molar-refractivity contribution in [3.05, 3.63) is 590 Å². The van der Waals surface area contributed by atoms with Gasteiger partial charge in [-0.1, -0.05) is 425 Å². The topological polar surface area (TPSA) is 16.3 Å². The lowest BCUT2D eigenvalue weighted by molar-refractivity contribution is 0.768. The molecule has 0 radical (unpaired) electrons. The maximum atomic E-state index is 2.54. The van der Waals surface area contributed by atoms with Gasteiger partial charge in [0.15, 0.2) is 0 Å². The maximum absolute atomic E-state index is 2.54. The summed E-state index contributed by atoms with van der Waals surface area (Å²) < 4.78 is 10.2. The number of fused-ring (bicyclic) bond motifs is 29. The van der Waals surface area contributed by atoms with Crippen LogP contribution < -0.4 is 9.80 Å². The number of para-hydroxylation sites is 2. The highest BCUT2D eigenvalue weighted by Crippen LogP contribution is 2.65. The van der Waals surface area contributed by atoms with Crippen LogP contribution in [0.1, 0.15) is 44.5 Å². The molecule has 0 bridgehead atoms. The minimum absolute atomic E-state index is 0.465. The van der Waals surface area contributed by atoms with Gasteiger partial charge in [0.1, 0.15) is 0 Å². The summed E-state index contributed by atoms with van der Waals surface area (Å²) in [5.74, 6) is 0. The summed E-state index contributed by atoms with van der Waals surface area (Å²) in [5.41, 5.74) is 40.6. The average molecular weight is 1920 g/mol. The largest absolute Gasteiger partial charge is 0.310 e. The van der Waals surface area contributed by atoms with Crippen molar-refractivity contribution >= 4 is 162 Å². The summed E-state index contributed by atoms with van der Waals surface area (Å²) in [5, 5.41) is 15.1. The van der Waals surface area contributed by atoms with Gasteiger partial charge in [-0.25, -0.2) is 0 Å². The molecule has 0 fully saturated rings. The Bertz CT molecular complexity index is 9640. The first-order chi connectivity index (χ1) is 73.4. The summed E-state index contributed by atoms with van der Waals surface area (Å²) in [6.07, 6.45) is 0. The van der Waals surface area contributed by atoms with Crippen LogP contribution in [0.2, 0.25) is 0 Å². The highest BCUT2D eigenvalue weighted by atomic mass is 32.1. The molecule has 4 heterocycles. The number of aromatic nitrogens is 2. The Balaban J connectivity index is 0.000000137. The molecule has 3 aliphatic carbocycles. The van der Waals surface area contributed by atoms with Crippen molar-refractivity contribution < 1.29 is 0 Å². The van der Waals surface area contributed by atoms with Crippen LogP contribution >= 0.6 is 22.7 Å². The molecular formula is C142H90N4S2. The first kappa shape index (κ1) is 85.1. The molecule has 31 rings (SSSR count).